The number of hydrogen-bond acceptors (Lipinski definition) is 3. The minimum absolute atomic E-state index is 0.525. The van der Waals surface area contributed by atoms with Crippen molar-refractivity contribution >= 4 is 17.1 Å². The molecule has 0 radical (unpaired) electrons. The molecule has 0 amide bonds. The number of aliphatic imine (C=N–C) groups is 1. The zero-order valence-corrected chi connectivity index (χ0v) is 10.9. The van der Waals surface area contributed by atoms with Crippen LogP contribution < -0.4 is 10.5 Å². The summed E-state index contributed by atoms with van der Waals surface area (Å²) in [6.45, 7) is 2.59. The van der Waals surface area contributed by atoms with Crippen LogP contribution in [0.2, 0.25) is 0 Å². The number of nitrogens with two attached hydrogens (primary N) is 1. The highest BCUT2D eigenvalue weighted by Gasteiger charge is 2.14. The molecule has 0 fully saturated rings. The molecule has 3 heteroatoms. The van der Waals surface area contributed by atoms with Crippen LogP contribution in [0.1, 0.15) is 11.1 Å². The Labute approximate surface area is 112 Å². The first-order valence-corrected chi connectivity index (χ1v) is 6.35. The average Bonchev–Trinajstić information content (AvgIpc) is 2.80. The lowest BCUT2D eigenvalue weighted by atomic mass is 10.1. The zero-order valence-electron chi connectivity index (χ0n) is 10.9. The summed E-state index contributed by atoms with van der Waals surface area (Å²) in [5.41, 5.74) is 11.0. The summed E-state index contributed by atoms with van der Waals surface area (Å²) >= 11 is 0. The number of rotatable bonds is 3. The molecule has 2 N–H and O–H groups in total. The van der Waals surface area contributed by atoms with Gasteiger partial charge in [-0.15, -0.1) is 0 Å². The summed E-state index contributed by atoms with van der Waals surface area (Å²) in [5, 5.41) is 0. The van der Waals surface area contributed by atoms with Gasteiger partial charge >= 0.3 is 0 Å². The largest absolute Gasteiger partial charge is 0.488 e. The normalized spacial score (nSPS) is 13.0. The Morgan fingerprint density at radius 1 is 1.16 bits per heavy atom. The van der Waals surface area contributed by atoms with Gasteiger partial charge in [0.2, 0.25) is 0 Å². The van der Waals surface area contributed by atoms with E-state index in [4.69, 9.17) is 10.5 Å². The standard InChI is InChI=1S/C16H16N2O/c1-11-2-6-15(7-3-11)19-10-14-8-12-4-5-13(17)9-16(12)18-14/h2-7,9H,8,10,17H2,1H3. The first kappa shape index (κ1) is 11.8. The summed E-state index contributed by atoms with van der Waals surface area (Å²) in [6.07, 6.45) is 0.849. The monoisotopic (exact) mass is 252 g/mol. The van der Waals surface area contributed by atoms with Gasteiger partial charge in [-0.05, 0) is 36.8 Å². The second-order valence-electron chi connectivity index (χ2n) is 4.84. The fraction of sp³-hybridized carbons (Fsp3) is 0.188. The lowest BCUT2D eigenvalue weighted by Gasteiger charge is -2.05. The molecule has 0 atom stereocenters. The van der Waals surface area contributed by atoms with Gasteiger partial charge in [-0.25, -0.2) is 0 Å². The van der Waals surface area contributed by atoms with Crippen LogP contribution in [0, 0.1) is 6.92 Å². The summed E-state index contributed by atoms with van der Waals surface area (Å²) in [4.78, 5) is 4.56. The SMILES string of the molecule is Cc1ccc(OCC2=Nc3cc(N)ccc3C2)cc1. The highest BCUT2D eigenvalue weighted by molar-refractivity contribution is 5.95. The molecule has 0 unspecified atom stereocenters. The summed E-state index contributed by atoms with van der Waals surface area (Å²) < 4.78 is 5.74. The number of aryl methyl sites for hydroxylation is 1. The number of hydrogen-bond donors (Lipinski definition) is 1. The predicted molar refractivity (Wildman–Crippen MR) is 78.3 cm³/mol. The third-order valence-electron chi connectivity index (χ3n) is 3.21. The number of nitrogen functional groups attached to an aromatic ring is 1. The molecule has 1 heterocycles. The third-order valence-corrected chi connectivity index (χ3v) is 3.21. The Morgan fingerprint density at radius 2 is 1.95 bits per heavy atom. The molecule has 0 bridgehead atoms. The molecule has 2 aromatic carbocycles. The average molecular weight is 252 g/mol. The van der Waals surface area contributed by atoms with Crippen LogP contribution in [0.15, 0.2) is 47.5 Å². The van der Waals surface area contributed by atoms with E-state index in [9.17, 15) is 0 Å². The van der Waals surface area contributed by atoms with E-state index in [1.807, 2.05) is 42.5 Å². The first-order valence-electron chi connectivity index (χ1n) is 6.35. The van der Waals surface area contributed by atoms with Crippen molar-refractivity contribution in [3.8, 4) is 5.75 Å². The van der Waals surface area contributed by atoms with Crippen molar-refractivity contribution in [2.24, 2.45) is 4.99 Å². The van der Waals surface area contributed by atoms with Gasteiger partial charge in [0.15, 0.2) is 0 Å². The second kappa shape index (κ2) is 4.76. The highest BCUT2D eigenvalue weighted by atomic mass is 16.5. The van der Waals surface area contributed by atoms with Gasteiger partial charge < -0.3 is 10.5 Å². The van der Waals surface area contributed by atoms with Gasteiger partial charge in [-0.3, -0.25) is 4.99 Å². The molecule has 0 aromatic heterocycles. The van der Waals surface area contributed by atoms with Crippen molar-refractivity contribution in [1.82, 2.24) is 0 Å². The third kappa shape index (κ3) is 2.60. The van der Waals surface area contributed by atoms with Crippen LogP contribution in [0.3, 0.4) is 0 Å². The molecule has 0 saturated carbocycles. The molecule has 96 valence electrons. The fourth-order valence-corrected chi connectivity index (χ4v) is 2.15. The van der Waals surface area contributed by atoms with Crippen LogP contribution in [-0.2, 0) is 6.42 Å². The molecule has 3 nitrogen and oxygen atoms in total. The fourth-order valence-electron chi connectivity index (χ4n) is 2.15. The van der Waals surface area contributed by atoms with Crippen molar-refractivity contribution in [3.05, 3.63) is 53.6 Å². The van der Waals surface area contributed by atoms with E-state index in [-0.39, 0.29) is 0 Å². The quantitative estimate of drug-likeness (QED) is 0.852. The van der Waals surface area contributed by atoms with E-state index in [2.05, 4.69) is 11.9 Å². The van der Waals surface area contributed by atoms with Crippen molar-refractivity contribution < 1.29 is 4.74 Å². The summed E-state index contributed by atoms with van der Waals surface area (Å²) in [5.74, 6) is 0.878. The van der Waals surface area contributed by atoms with E-state index in [0.717, 1.165) is 29.3 Å². The van der Waals surface area contributed by atoms with Crippen LogP contribution >= 0.6 is 0 Å². The molecule has 2 aromatic rings. The van der Waals surface area contributed by atoms with Crippen LogP contribution in [0.25, 0.3) is 0 Å². The smallest absolute Gasteiger partial charge is 0.127 e. The van der Waals surface area contributed by atoms with Gasteiger partial charge in [0.1, 0.15) is 12.4 Å². The van der Waals surface area contributed by atoms with Crippen LogP contribution in [0.4, 0.5) is 11.4 Å². The molecule has 19 heavy (non-hydrogen) atoms. The van der Waals surface area contributed by atoms with Crippen molar-refractivity contribution in [2.45, 2.75) is 13.3 Å². The van der Waals surface area contributed by atoms with Gasteiger partial charge in [-0.2, -0.15) is 0 Å². The zero-order chi connectivity index (χ0) is 13.2. The molecular formula is C16H16N2O. The van der Waals surface area contributed by atoms with Gasteiger partial charge in [-0.1, -0.05) is 23.8 Å². The predicted octanol–water partition coefficient (Wildman–Crippen LogP) is 3.28. The Hall–Kier alpha value is -2.29. The number of anilines is 1. The molecular weight excluding hydrogens is 236 g/mol. The molecule has 1 aliphatic heterocycles. The highest BCUT2D eigenvalue weighted by Crippen LogP contribution is 2.28. The van der Waals surface area contributed by atoms with Gasteiger partial charge in [0.05, 0.1) is 11.4 Å². The molecule has 0 aliphatic carbocycles. The molecule has 0 spiro atoms. The number of benzene rings is 2. The second-order valence-corrected chi connectivity index (χ2v) is 4.84. The minimum atomic E-state index is 0.525. The Balaban J connectivity index is 1.67. The molecule has 0 saturated heterocycles. The lowest BCUT2D eigenvalue weighted by Crippen LogP contribution is -2.11. The van der Waals surface area contributed by atoms with Crippen LogP contribution in [0.5, 0.6) is 5.75 Å². The van der Waals surface area contributed by atoms with Gasteiger partial charge in [0.25, 0.3) is 0 Å². The van der Waals surface area contributed by atoms with Crippen LogP contribution in [-0.4, -0.2) is 12.3 Å². The maximum absolute atomic E-state index is 5.75. The summed E-state index contributed by atoms with van der Waals surface area (Å²) in [7, 11) is 0. The first-order chi connectivity index (χ1) is 9.20. The van der Waals surface area contributed by atoms with E-state index < -0.39 is 0 Å². The topological polar surface area (TPSA) is 47.6 Å². The van der Waals surface area contributed by atoms with E-state index >= 15 is 0 Å². The van der Waals surface area contributed by atoms with E-state index in [1.165, 1.54) is 11.1 Å². The Kier molecular flexibility index (Phi) is 2.95. The molecule has 1 aliphatic rings. The maximum Gasteiger partial charge on any atom is 0.127 e. The summed E-state index contributed by atoms with van der Waals surface area (Å²) in [6, 6.07) is 13.9. The van der Waals surface area contributed by atoms with Crippen molar-refractivity contribution in [3.63, 3.8) is 0 Å². The van der Waals surface area contributed by atoms with Crippen molar-refractivity contribution in [2.75, 3.05) is 12.3 Å². The Bertz CT molecular complexity index is 630. The lowest BCUT2D eigenvalue weighted by molar-refractivity contribution is 0.375. The number of ether oxygens (including phenoxy) is 1. The van der Waals surface area contributed by atoms with Gasteiger partial charge in [0, 0.05) is 12.1 Å². The maximum atomic E-state index is 5.75. The number of fused-ring (bicyclic) bond motifs is 1. The van der Waals surface area contributed by atoms with Crippen molar-refractivity contribution in [1.29, 1.82) is 0 Å². The minimum Gasteiger partial charge on any atom is -0.488 e. The molecule has 3 rings (SSSR count). The Morgan fingerprint density at radius 3 is 2.74 bits per heavy atom. The van der Waals surface area contributed by atoms with E-state index in [1.54, 1.807) is 0 Å². The number of nitrogens with zero attached hydrogens (tertiary/aromatic N) is 1. The van der Waals surface area contributed by atoms with E-state index in [0.29, 0.717) is 6.61 Å².